The van der Waals surface area contributed by atoms with Gasteiger partial charge < -0.3 is 14.2 Å². The van der Waals surface area contributed by atoms with Gasteiger partial charge in [-0.1, -0.05) is 6.07 Å². The number of aryl methyl sites for hydroxylation is 2. The summed E-state index contributed by atoms with van der Waals surface area (Å²) >= 11 is 0. The second-order valence-corrected chi connectivity index (χ2v) is 7.27. The van der Waals surface area contributed by atoms with Gasteiger partial charge in [0.1, 0.15) is 12.4 Å². The highest BCUT2D eigenvalue weighted by atomic mass is 32.2. The summed E-state index contributed by atoms with van der Waals surface area (Å²) in [5.41, 5.74) is 1.67. The molecule has 0 radical (unpaired) electrons. The molecule has 0 atom stereocenters. The van der Waals surface area contributed by atoms with E-state index in [0.29, 0.717) is 22.8 Å². The molecule has 0 fully saturated rings. The number of rotatable bonds is 8. The van der Waals surface area contributed by atoms with Crippen molar-refractivity contribution in [2.75, 3.05) is 27.4 Å². The van der Waals surface area contributed by atoms with Gasteiger partial charge in [-0.2, -0.15) is 0 Å². The van der Waals surface area contributed by atoms with Crippen LogP contribution < -0.4 is 18.9 Å². The van der Waals surface area contributed by atoms with Crippen LogP contribution in [0.15, 0.2) is 41.3 Å². The maximum absolute atomic E-state index is 12.4. The van der Waals surface area contributed by atoms with Gasteiger partial charge in [-0.05, 0) is 55.3 Å². The van der Waals surface area contributed by atoms with Crippen molar-refractivity contribution in [1.82, 2.24) is 4.72 Å². The van der Waals surface area contributed by atoms with Crippen LogP contribution in [0.3, 0.4) is 0 Å². The van der Waals surface area contributed by atoms with Crippen molar-refractivity contribution in [3.8, 4) is 17.2 Å². The molecule has 0 unspecified atom stereocenters. The van der Waals surface area contributed by atoms with Crippen LogP contribution in [0.5, 0.6) is 17.2 Å². The predicted octanol–water partition coefficient (Wildman–Crippen LogP) is 2.68. The van der Waals surface area contributed by atoms with E-state index in [1.54, 1.807) is 32.2 Å². The van der Waals surface area contributed by atoms with Crippen LogP contribution in [0.25, 0.3) is 0 Å². The van der Waals surface area contributed by atoms with Crippen LogP contribution in [0.1, 0.15) is 11.1 Å². The van der Waals surface area contributed by atoms with Crippen molar-refractivity contribution in [1.29, 1.82) is 0 Å². The van der Waals surface area contributed by atoms with Crippen molar-refractivity contribution < 1.29 is 22.6 Å². The smallest absolute Gasteiger partial charge is 0.240 e. The molecule has 7 heteroatoms. The van der Waals surface area contributed by atoms with E-state index < -0.39 is 10.0 Å². The van der Waals surface area contributed by atoms with Crippen molar-refractivity contribution in [2.45, 2.75) is 18.7 Å². The molecule has 6 nitrogen and oxygen atoms in total. The molecule has 2 aromatic rings. The predicted molar refractivity (Wildman–Crippen MR) is 96.1 cm³/mol. The minimum absolute atomic E-state index is 0.144. The number of nitrogens with one attached hydrogen (secondary N) is 1. The van der Waals surface area contributed by atoms with Gasteiger partial charge in [0, 0.05) is 6.54 Å². The van der Waals surface area contributed by atoms with Crippen LogP contribution in [-0.4, -0.2) is 35.8 Å². The lowest BCUT2D eigenvalue weighted by atomic mass is 10.2. The fourth-order valence-corrected chi connectivity index (χ4v) is 3.60. The molecular formula is C18H23NO5S. The van der Waals surface area contributed by atoms with E-state index in [-0.39, 0.29) is 18.0 Å². The first-order chi connectivity index (χ1) is 11.9. The van der Waals surface area contributed by atoms with Crippen LogP contribution in [-0.2, 0) is 10.0 Å². The summed E-state index contributed by atoms with van der Waals surface area (Å²) in [4.78, 5) is 0.223. The maximum atomic E-state index is 12.4. The molecule has 0 aliphatic carbocycles. The Morgan fingerprint density at radius 3 is 2.36 bits per heavy atom. The first kappa shape index (κ1) is 19.1. The second kappa shape index (κ2) is 8.22. The van der Waals surface area contributed by atoms with Crippen LogP contribution in [0.4, 0.5) is 0 Å². The number of benzene rings is 2. The van der Waals surface area contributed by atoms with Crippen molar-refractivity contribution in [3.63, 3.8) is 0 Å². The Labute approximate surface area is 148 Å². The van der Waals surface area contributed by atoms with Crippen molar-refractivity contribution in [2.24, 2.45) is 0 Å². The average molecular weight is 365 g/mol. The Morgan fingerprint density at radius 1 is 0.960 bits per heavy atom. The van der Waals surface area contributed by atoms with Gasteiger partial charge >= 0.3 is 0 Å². The summed E-state index contributed by atoms with van der Waals surface area (Å²) in [6.07, 6.45) is 0. The van der Waals surface area contributed by atoms with Gasteiger partial charge in [0.25, 0.3) is 0 Å². The van der Waals surface area contributed by atoms with Crippen LogP contribution in [0.2, 0.25) is 0 Å². The highest BCUT2D eigenvalue weighted by molar-refractivity contribution is 7.89. The molecule has 0 bridgehead atoms. The lowest BCUT2D eigenvalue weighted by Crippen LogP contribution is -2.28. The number of hydrogen-bond donors (Lipinski definition) is 1. The highest BCUT2D eigenvalue weighted by Gasteiger charge is 2.17. The summed E-state index contributed by atoms with van der Waals surface area (Å²) < 4.78 is 43.3. The number of ether oxygens (including phenoxy) is 3. The molecular weight excluding hydrogens is 342 g/mol. The lowest BCUT2D eigenvalue weighted by Gasteiger charge is -2.13. The van der Waals surface area contributed by atoms with E-state index in [0.717, 1.165) is 5.56 Å². The Hall–Kier alpha value is -2.25. The fraction of sp³-hybridized carbons (Fsp3) is 0.333. The third-order valence-corrected chi connectivity index (χ3v) is 5.26. The molecule has 2 rings (SSSR count). The molecule has 1 N–H and O–H groups in total. The van der Waals surface area contributed by atoms with Crippen molar-refractivity contribution >= 4 is 10.0 Å². The van der Waals surface area contributed by atoms with Gasteiger partial charge in [0.15, 0.2) is 11.5 Å². The standard InChI is InChI=1S/C18H23NO5S/c1-13-5-7-16(17(11-13)23-4)24-10-9-19-25(20,21)18-8-6-15(22-3)12-14(18)2/h5-8,11-12,19H,9-10H2,1-4H3. The number of methoxy groups -OCH3 is 2. The monoisotopic (exact) mass is 365 g/mol. The molecule has 0 heterocycles. The van der Waals surface area contributed by atoms with E-state index in [1.165, 1.54) is 13.2 Å². The first-order valence-electron chi connectivity index (χ1n) is 7.79. The third kappa shape index (κ3) is 4.87. The Balaban J connectivity index is 1.97. The summed E-state index contributed by atoms with van der Waals surface area (Å²) in [6, 6.07) is 10.4. The minimum Gasteiger partial charge on any atom is -0.497 e. The molecule has 0 spiro atoms. The molecule has 0 aromatic heterocycles. The molecule has 0 amide bonds. The van der Waals surface area contributed by atoms with Crippen LogP contribution in [0, 0.1) is 13.8 Å². The minimum atomic E-state index is -3.61. The normalized spacial score (nSPS) is 11.2. The first-order valence-corrected chi connectivity index (χ1v) is 9.27. The average Bonchev–Trinajstić information content (AvgIpc) is 2.59. The van der Waals surface area contributed by atoms with Gasteiger partial charge in [0.05, 0.1) is 19.1 Å². The molecule has 0 aliphatic heterocycles. The van der Waals surface area contributed by atoms with E-state index in [1.807, 2.05) is 19.1 Å². The summed E-state index contributed by atoms with van der Waals surface area (Å²) in [6.45, 7) is 4.01. The van der Waals surface area contributed by atoms with Crippen LogP contribution >= 0.6 is 0 Å². The Kier molecular flexibility index (Phi) is 6.27. The SMILES string of the molecule is COc1ccc(S(=O)(=O)NCCOc2ccc(C)cc2OC)c(C)c1. The molecule has 0 aliphatic rings. The maximum Gasteiger partial charge on any atom is 0.240 e. The van der Waals surface area contributed by atoms with E-state index in [4.69, 9.17) is 14.2 Å². The summed E-state index contributed by atoms with van der Waals surface area (Å²) in [5.74, 6) is 1.81. The molecule has 25 heavy (non-hydrogen) atoms. The van der Waals surface area contributed by atoms with Gasteiger partial charge in [0.2, 0.25) is 10.0 Å². The zero-order valence-electron chi connectivity index (χ0n) is 14.8. The topological polar surface area (TPSA) is 73.9 Å². The highest BCUT2D eigenvalue weighted by Crippen LogP contribution is 2.27. The Morgan fingerprint density at radius 2 is 1.72 bits per heavy atom. The van der Waals surface area contributed by atoms with E-state index in [2.05, 4.69) is 4.72 Å². The molecule has 2 aromatic carbocycles. The van der Waals surface area contributed by atoms with E-state index >= 15 is 0 Å². The zero-order chi connectivity index (χ0) is 18.4. The zero-order valence-corrected chi connectivity index (χ0v) is 15.6. The molecule has 136 valence electrons. The van der Waals surface area contributed by atoms with Gasteiger partial charge in [-0.25, -0.2) is 13.1 Å². The van der Waals surface area contributed by atoms with Gasteiger partial charge in [-0.3, -0.25) is 0 Å². The number of hydrogen-bond acceptors (Lipinski definition) is 5. The second-order valence-electron chi connectivity index (χ2n) is 5.53. The quantitative estimate of drug-likeness (QED) is 0.728. The summed E-state index contributed by atoms with van der Waals surface area (Å²) in [5, 5.41) is 0. The van der Waals surface area contributed by atoms with E-state index in [9.17, 15) is 8.42 Å². The molecule has 0 saturated carbocycles. The van der Waals surface area contributed by atoms with Crippen molar-refractivity contribution in [3.05, 3.63) is 47.5 Å². The largest absolute Gasteiger partial charge is 0.497 e. The van der Waals surface area contributed by atoms with Gasteiger partial charge in [-0.15, -0.1) is 0 Å². The number of sulfonamides is 1. The molecule has 0 saturated heterocycles. The Bertz CT molecular complexity index is 833. The third-order valence-electron chi connectivity index (χ3n) is 3.64. The fourth-order valence-electron chi connectivity index (χ4n) is 2.36. The summed E-state index contributed by atoms with van der Waals surface area (Å²) in [7, 11) is -0.504. The lowest BCUT2D eigenvalue weighted by molar-refractivity contribution is 0.298.